The smallest absolute Gasteiger partial charge is 0.239 e. The maximum atomic E-state index is 5.89. The number of anilines is 1. The maximum Gasteiger partial charge on any atom is 0.239 e. The zero-order valence-corrected chi connectivity index (χ0v) is 12.6. The number of rotatable bonds is 1. The number of nitrogens with two attached hydrogens (primary N) is 1. The highest BCUT2D eigenvalue weighted by Gasteiger charge is 2.12. The van der Waals surface area contributed by atoms with Gasteiger partial charge in [-0.15, -0.1) is 5.10 Å². The maximum absolute atomic E-state index is 5.89. The molecule has 0 atom stereocenters. The summed E-state index contributed by atoms with van der Waals surface area (Å²) in [7, 11) is 0. The number of nitrogens with zero attached hydrogens (tertiary/aromatic N) is 3. The first-order chi connectivity index (χ1) is 10.2. The van der Waals surface area contributed by atoms with Crippen molar-refractivity contribution in [2.75, 3.05) is 5.73 Å². The van der Waals surface area contributed by atoms with Gasteiger partial charge in [-0.05, 0) is 24.3 Å². The molecule has 2 N–H and O–H groups in total. The van der Waals surface area contributed by atoms with Gasteiger partial charge in [0.25, 0.3) is 0 Å². The number of benzene rings is 2. The summed E-state index contributed by atoms with van der Waals surface area (Å²) in [6.07, 6.45) is 0. The predicted octanol–water partition coefficient (Wildman–Crippen LogP) is 3.89. The van der Waals surface area contributed by atoms with Crippen LogP contribution in [-0.4, -0.2) is 14.6 Å². The van der Waals surface area contributed by atoms with Gasteiger partial charge in [0.1, 0.15) is 5.69 Å². The number of para-hydroxylation sites is 1. The average Bonchev–Trinajstić information content (AvgIpc) is 2.86. The van der Waals surface area contributed by atoms with Crippen LogP contribution in [-0.2, 0) is 0 Å². The van der Waals surface area contributed by atoms with Gasteiger partial charge in [0, 0.05) is 15.4 Å². The van der Waals surface area contributed by atoms with Crippen LogP contribution in [0.1, 0.15) is 0 Å². The fraction of sp³-hybridized carbons (Fsp3) is 0. The standard InChI is InChI=1S/C16H11BrN4/c17-12-7-5-10(6-8-12)15-14-9-11-3-1-2-4-13(11)21(14)20-16(18)19-15/h1-9H,(H2,18,20). The Bertz CT molecular complexity index is 957. The molecular weight excluding hydrogens is 328 g/mol. The number of nitrogen functional groups attached to an aromatic ring is 1. The van der Waals surface area contributed by atoms with E-state index >= 15 is 0 Å². The predicted molar refractivity (Wildman–Crippen MR) is 88.0 cm³/mol. The van der Waals surface area contributed by atoms with E-state index in [0.717, 1.165) is 32.1 Å². The van der Waals surface area contributed by atoms with Crippen molar-refractivity contribution < 1.29 is 0 Å². The number of hydrogen-bond acceptors (Lipinski definition) is 3. The molecule has 0 radical (unpaired) electrons. The molecule has 4 rings (SSSR count). The SMILES string of the molecule is Nc1nc(-c2ccc(Br)cc2)c2cc3ccccc3n2n1. The second-order valence-electron chi connectivity index (χ2n) is 4.83. The van der Waals surface area contributed by atoms with Crippen LogP contribution in [0.25, 0.3) is 27.7 Å². The van der Waals surface area contributed by atoms with E-state index in [9.17, 15) is 0 Å². The van der Waals surface area contributed by atoms with E-state index < -0.39 is 0 Å². The second kappa shape index (κ2) is 4.56. The largest absolute Gasteiger partial charge is 0.367 e. The molecule has 0 unspecified atom stereocenters. The first-order valence-corrected chi connectivity index (χ1v) is 7.31. The quantitative estimate of drug-likeness (QED) is 0.572. The zero-order valence-electron chi connectivity index (χ0n) is 11.0. The molecule has 0 aliphatic heterocycles. The van der Waals surface area contributed by atoms with Crippen LogP contribution in [0.5, 0.6) is 0 Å². The molecule has 2 aromatic carbocycles. The summed E-state index contributed by atoms with van der Waals surface area (Å²) in [5, 5.41) is 5.46. The number of halogens is 1. The molecule has 0 aliphatic carbocycles. The summed E-state index contributed by atoms with van der Waals surface area (Å²) in [5.74, 6) is 0.266. The van der Waals surface area contributed by atoms with Gasteiger partial charge in [-0.1, -0.05) is 46.3 Å². The topological polar surface area (TPSA) is 56.2 Å². The average molecular weight is 339 g/mol. The van der Waals surface area contributed by atoms with E-state index in [2.05, 4.69) is 38.1 Å². The van der Waals surface area contributed by atoms with Gasteiger partial charge in [0.05, 0.1) is 11.0 Å². The Balaban J connectivity index is 2.10. The Morgan fingerprint density at radius 2 is 1.71 bits per heavy atom. The Morgan fingerprint density at radius 1 is 0.952 bits per heavy atom. The molecular formula is C16H11BrN4. The van der Waals surface area contributed by atoms with E-state index in [1.807, 2.05) is 47.0 Å². The summed E-state index contributed by atoms with van der Waals surface area (Å²) in [6, 6.07) is 18.2. The van der Waals surface area contributed by atoms with Crippen molar-refractivity contribution >= 4 is 38.3 Å². The zero-order chi connectivity index (χ0) is 14.4. The van der Waals surface area contributed by atoms with Crippen LogP contribution < -0.4 is 5.73 Å². The molecule has 2 aromatic heterocycles. The summed E-state index contributed by atoms with van der Waals surface area (Å²) in [4.78, 5) is 4.43. The van der Waals surface area contributed by atoms with Crippen molar-refractivity contribution in [3.63, 3.8) is 0 Å². The lowest BCUT2D eigenvalue weighted by Crippen LogP contribution is -2.03. The molecule has 0 spiro atoms. The molecule has 2 heterocycles. The van der Waals surface area contributed by atoms with Crippen LogP contribution in [0, 0.1) is 0 Å². The first kappa shape index (κ1) is 12.3. The van der Waals surface area contributed by atoms with E-state index in [4.69, 9.17) is 5.73 Å². The molecule has 0 fully saturated rings. The third-order valence-electron chi connectivity index (χ3n) is 3.47. The van der Waals surface area contributed by atoms with Crippen molar-refractivity contribution in [3.05, 3.63) is 59.1 Å². The molecule has 4 aromatic rings. The lowest BCUT2D eigenvalue weighted by molar-refractivity contribution is 0.949. The Hall–Kier alpha value is -2.40. The van der Waals surface area contributed by atoms with Crippen LogP contribution >= 0.6 is 15.9 Å². The van der Waals surface area contributed by atoms with E-state index in [0.29, 0.717) is 0 Å². The van der Waals surface area contributed by atoms with Crippen molar-refractivity contribution in [2.24, 2.45) is 0 Å². The van der Waals surface area contributed by atoms with Crippen LogP contribution in [0.3, 0.4) is 0 Å². The molecule has 0 saturated heterocycles. The fourth-order valence-corrected chi connectivity index (χ4v) is 2.80. The first-order valence-electron chi connectivity index (χ1n) is 6.52. The van der Waals surface area contributed by atoms with E-state index in [-0.39, 0.29) is 5.95 Å². The van der Waals surface area contributed by atoms with Gasteiger partial charge in [-0.3, -0.25) is 0 Å². The lowest BCUT2D eigenvalue weighted by atomic mass is 10.1. The van der Waals surface area contributed by atoms with Crippen molar-refractivity contribution in [1.29, 1.82) is 0 Å². The van der Waals surface area contributed by atoms with Gasteiger partial charge < -0.3 is 5.73 Å². The Labute approximate surface area is 129 Å². The summed E-state index contributed by atoms with van der Waals surface area (Å²) >= 11 is 3.45. The third-order valence-corrected chi connectivity index (χ3v) is 4.00. The van der Waals surface area contributed by atoms with Gasteiger partial charge in [-0.2, -0.15) is 0 Å². The van der Waals surface area contributed by atoms with E-state index in [1.165, 1.54) is 0 Å². The molecule has 102 valence electrons. The Kier molecular flexibility index (Phi) is 2.68. The number of aromatic nitrogens is 3. The minimum atomic E-state index is 0.266. The van der Waals surface area contributed by atoms with Crippen molar-refractivity contribution in [3.8, 4) is 11.3 Å². The van der Waals surface area contributed by atoms with Gasteiger partial charge in [0.2, 0.25) is 5.95 Å². The molecule has 4 nitrogen and oxygen atoms in total. The van der Waals surface area contributed by atoms with Crippen LogP contribution in [0.15, 0.2) is 59.1 Å². The van der Waals surface area contributed by atoms with Crippen molar-refractivity contribution in [2.45, 2.75) is 0 Å². The third kappa shape index (κ3) is 1.97. The summed E-state index contributed by atoms with van der Waals surface area (Å²) in [5.41, 5.74) is 9.72. The fourth-order valence-electron chi connectivity index (χ4n) is 2.53. The lowest BCUT2D eigenvalue weighted by Gasteiger charge is -2.05. The highest BCUT2D eigenvalue weighted by Crippen LogP contribution is 2.28. The normalized spacial score (nSPS) is 11.3. The highest BCUT2D eigenvalue weighted by atomic mass is 79.9. The number of fused-ring (bicyclic) bond motifs is 3. The molecule has 0 saturated carbocycles. The molecule has 0 aliphatic rings. The molecule has 21 heavy (non-hydrogen) atoms. The second-order valence-corrected chi connectivity index (χ2v) is 5.74. The van der Waals surface area contributed by atoms with Gasteiger partial charge in [0.15, 0.2) is 0 Å². The minimum Gasteiger partial charge on any atom is -0.367 e. The highest BCUT2D eigenvalue weighted by molar-refractivity contribution is 9.10. The molecule has 0 bridgehead atoms. The molecule has 5 heteroatoms. The van der Waals surface area contributed by atoms with Crippen molar-refractivity contribution in [1.82, 2.24) is 14.6 Å². The van der Waals surface area contributed by atoms with E-state index in [1.54, 1.807) is 0 Å². The summed E-state index contributed by atoms with van der Waals surface area (Å²) < 4.78 is 2.89. The van der Waals surface area contributed by atoms with Gasteiger partial charge >= 0.3 is 0 Å². The minimum absolute atomic E-state index is 0.266. The van der Waals surface area contributed by atoms with Gasteiger partial charge in [-0.25, -0.2) is 9.50 Å². The Morgan fingerprint density at radius 3 is 2.52 bits per heavy atom. The van der Waals surface area contributed by atoms with Crippen LogP contribution in [0.2, 0.25) is 0 Å². The summed E-state index contributed by atoms with van der Waals surface area (Å²) in [6.45, 7) is 0. The monoisotopic (exact) mass is 338 g/mol. The molecule has 0 amide bonds. The van der Waals surface area contributed by atoms with Crippen LogP contribution in [0.4, 0.5) is 5.95 Å². The number of hydrogen-bond donors (Lipinski definition) is 1.